The molecule has 0 aliphatic rings. The van der Waals surface area contributed by atoms with Crippen LogP contribution >= 0.6 is 0 Å². The number of halogens is 1. The number of amides is 1. The molecular formula is C16H16FNO2. The second-order valence-corrected chi connectivity index (χ2v) is 4.86. The van der Waals surface area contributed by atoms with E-state index in [1.54, 1.807) is 0 Å². The molecule has 2 N–H and O–H groups in total. The van der Waals surface area contributed by atoms with Gasteiger partial charge >= 0.3 is 0 Å². The van der Waals surface area contributed by atoms with Crippen molar-refractivity contribution in [1.82, 2.24) is 0 Å². The Bertz CT molecular complexity index is 637. The van der Waals surface area contributed by atoms with E-state index < -0.39 is 11.7 Å². The number of phenols is 1. The van der Waals surface area contributed by atoms with Gasteiger partial charge in [-0.25, -0.2) is 4.39 Å². The number of nitrogens with one attached hydrogen (secondary N) is 1. The van der Waals surface area contributed by atoms with E-state index in [2.05, 4.69) is 5.32 Å². The highest BCUT2D eigenvalue weighted by molar-refractivity contribution is 6.07. The third-order valence-electron chi connectivity index (χ3n) is 3.13. The van der Waals surface area contributed by atoms with Crippen LogP contribution in [0.1, 0.15) is 27.0 Å². The van der Waals surface area contributed by atoms with Crippen molar-refractivity contribution in [3.8, 4) is 5.75 Å². The summed E-state index contributed by atoms with van der Waals surface area (Å²) in [6.45, 7) is 5.71. The van der Waals surface area contributed by atoms with Gasteiger partial charge in [0.05, 0.1) is 0 Å². The van der Waals surface area contributed by atoms with Crippen molar-refractivity contribution in [2.45, 2.75) is 20.8 Å². The van der Waals surface area contributed by atoms with Crippen LogP contribution in [0.2, 0.25) is 0 Å². The van der Waals surface area contributed by atoms with Gasteiger partial charge in [0.2, 0.25) is 0 Å². The average molecular weight is 273 g/mol. The van der Waals surface area contributed by atoms with Crippen molar-refractivity contribution < 1.29 is 14.3 Å². The number of benzene rings is 2. The quantitative estimate of drug-likeness (QED) is 0.876. The zero-order chi connectivity index (χ0) is 14.9. The maximum Gasteiger partial charge on any atom is 0.262 e. The van der Waals surface area contributed by atoms with Crippen LogP contribution < -0.4 is 5.32 Å². The predicted molar refractivity (Wildman–Crippen MR) is 76.7 cm³/mol. The highest BCUT2D eigenvalue weighted by Crippen LogP contribution is 2.25. The predicted octanol–water partition coefficient (Wildman–Crippen LogP) is 3.71. The minimum absolute atomic E-state index is 0.341. The first-order chi connectivity index (χ1) is 9.40. The van der Waals surface area contributed by atoms with Gasteiger partial charge in [-0.1, -0.05) is 23.8 Å². The van der Waals surface area contributed by atoms with Gasteiger partial charge < -0.3 is 10.4 Å². The molecule has 0 aliphatic carbocycles. The van der Waals surface area contributed by atoms with Gasteiger partial charge in [-0.2, -0.15) is 0 Å². The summed E-state index contributed by atoms with van der Waals surface area (Å²) in [5.41, 5.74) is 3.18. The fourth-order valence-electron chi connectivity index (χ4n) is 2.29. The lowest BCUT2D eigenvalue weighted by Gasteiger charge is -2.13. The van der Waals surface area contributed by atoms with E-state index >= 15 is 0 Å². The monoisotopic (exact) mass is 273 g/mol. The molecule has 3 nitrogen and oxygen atoms in total. The molecule has 0 atom stereocenters. The van der Waals surface area contributed by atoms with Gasteiger partial charge in [-0.15, -0.1) is 0 Å². The Morgan fingerprint density at radius 3 is 2.30 bits per heavy atom. The van der Waals surface area contributed by atoms with E-state index in [1.165, 1.54) is 12.1 Å². The number of rotatable bonds is 2. The molecule has 0 saturated heterocycles. The summed E-state index contributed by atoms with van der Waals surface area (Å²) < 4.78 is 13.6. The fourth-order valence-corrected chi connectivity index (χ4v) is 2.29. The first kappa shape index (κ1) is 14.1. The fraction of sp³-hybridized carbons (Fsp3) is 0.188. The normalized spacial score (nSPS) is 10.4. The highest BCUT2D eigenvalue weighted by Gasteiger charge is 2.18. The molecule has 0 aliphatic heterocycles. The number of carbonyl (C=O) groups excluding carboxylic acids is 1. The molecule has 1 amide bonds. The molecule has 0 unspecified atom stereocenters. The SMILES string of the molecule is Cc1cc(C)c(NC(=O)c2c(O)cccc2F)c(C)c1. The summed E-state index contributed by atoms with van der Waals surface area (Å²) in [4.78, 5) is 12.1. The van der Waals surface area contributed by atoms with Crippen LogP contribution in [0, 0.1) is 26.6 Å². The Balaban J connectivity index is 2.38. The summed E-state index contributed by atoms with van der Waals surface area (Å²) in [5, 5.41) is 12.3. The molecule has 2 aromatic rings. The van der Waals surface area contributed by atoms with Crippen molar-refractivity contribution in [1.29, 1.82) is 0 Å². The smallest absolute Gasteiger partial charge is 0.262 e. The van der Waals surface area contributed by atoms with Crippen LogP contribution in [0.15, 0.2) is 30.3 Å². The Kier molecular flexibility index (Phi) is 3.74. The van der Waals surface area contributed by atoms with Gasteiger partial charge in [-0.05, 0) is 44.0 Å². The number of hydrogen-bond acceptors (Lipinski definition) is 2. The van der Waals surface area contributed by atoms with Crippen molar-refractivity contribution in [3.05, 3.63) is 58.4 Å². The van der Waals surface area contributed by atoms with E-state index in [1.807, 2.05) is 32.9 Å². The van der Waals surface area contributed by atoms with Crippen molar-refractivity contribution in [2.24, 2.45) is 0 Å². The molecular weight excluding hydrogens is 257 g/mol. The van der Waals surface area contributed by atoms with Crippen molar-refractivity contribution in [3.63, 3.8) is 0 Å². The van der Waals surface area contributed by atoms with Crippen LogP contribution in [0.3, 0.4) is 0 Å². The summed E-state index contributed by atoms with van der Waals surface area (Å²) >= 11 is 0. The molecule has 20 heavy (non-hydrogen) atoms. The highest BCUT2D eigenvalue weighted by atomic mass is 19.1. The molecule has 0 spiro atoms. The standard InChI is InChI=1S/C16H16FNO2/c1-9-7-10(2)15(11(3)8-9)18-16(20)14-12(17)5-4-6-13(14)19/h4-8,19H,1-3H3,(H,18,20). The minimum atomic E-state index is -0.745. The van der Waals surface area contributed by atoms with E-state index in [0.29, 0.717) is 5.69 Å². The van der Waals surface area contributed by atoms with Crippen LogP contribution in [0.5, 0.6) is 5.75 Å². The Morgan fingerprint density at radius 1 is 1.15 bits per heavy atom. The molecule has 0 aromatic heterocycles. The van der Waals surface area contributed by atoms with E-state index in [4.69, 9.17) is 0 Å². The summed E-state index contributed by atoms with van der Waals surface area (Å²) in [5.74, 6) is -1.77. The number of aryl methyl sites for hydroxylation is 3. The number of phenolic OH excluding ortho intramolecular Hbond substituents is 1. The number of hydrogen-bond donors (Lipinski definition) is 2. The third kappa shape index (κ3) is 2.64. The molecule has 2 aromatic carbocycles. The van der Waals surface area contributed by atoms with Gasteiger partial charge in [0.15, 0.2) is 0 Å². The van der Waals surface area contributed by atoms with Crippen molar-refractivity contribution >= 4 is 11.6 Å². The maximum atomic E-state index is 13.6. The second-order valence-electron chi connectivity index (χ2n) is 4.86. The number of anilines is 1. The van der Waals surface area contributed by atoms with Crippen LogP contribution in [0.25, 0.3) is 0 Å². The Morgan fingerprint density at radius 2 is 1.75 bits per heavy atom. The minimum Gasteiger partial charge on any atom is -0.507 e. The van der Waals surface area contributed by atoms with Gasteiger partial charge in [-0.3, -0.25) is 4.79 Å². The number of carbonyl (C=O) groups is 1. The van der Waals surface area contributed by atoms with E-state index in [9.17, 15) is 14.3 Å². The molecule has 0 fully saturated rings. The topological polar surface area (TPSA) is 49.3 Å². The van der Waals surface area contributed by atoms with Crippen LogP contribution in [0.4, 0.5) is 10.1 Å². The van der Waals surface area contributed by atoms with Crippen molar-refractivity contribution in [2.75, 3.05) is 5.32 Å². The first-order valence-corrected chi connectivity index (χ1v) is 6.27. The van der Waals surface area contributed by atoms with Gasteiger partial charge in [0.25, 0.3) is 5.91 Å². The lowest BCUT2D eigenvalue weighted by molar-refractivity contribution is 0.102. The molecule has 0 heterocycles. The summed E-state index contributed by atoms with van der Waals surface area (Å²) in [6.07, 6.45) is 0. The average Bonchev–Trinajstić information content (AvgIpc) is 2.33. The molecule has 0 radical (unpaired) electrons. The van der Waals surface area contributed by atoms with Gasteiger partial charge in [0, 0.05) is 5.69 Å². The third-order valence-corrected chi connectivity index (χ3v) is 3.13. The van der Waals surface area contributed by atoms with Crippen LogP contribution in [-0.4, -0.2) is 11.0 Å². The van der Waals surface area contributed by atoms with Gasteiger partial charge in [0.1, 0.15) is 17.1 Å². The second kappa shape index (κ2) is 5.33. The summed E-state index contributed by atoms with van der Waals surface area (Å²) in [6, 6.07) is 7.65. The maximum absolute atomic E-state index is 13.6. The Labute approximate surface area is 117 Å². The molecule has 0 saturated carbocycles. The van der Waals surface area contributed by atoms with E-state index in [0.717, 1.165) is 22.8 Å². The molecule has 2 rings (SSSR count). The largest absolute Gasteiger partial charge is 0.507 e. The lowest BCUT2D eigenvalue weighted by Crippen LogP contribution is -2.15. The molecule has 0 bridgehead atoms. The first-order valence-electron chi connectivity index (χ1n) is 6.27. The zero-order valence-electron chi connectivity index (χ0n) is 11.6. The lowest BCUT2D eigenvalue weighted by atomic mass is 10.0. The Hall–Kier alpha value is -2.36. The summed E-state index contributed by atoms with van der Waals surface area (Å²) in [7, 11) is 0. The molecule has 104 valence electrons. The number of aromatic hydroxyl groups is 1. The van der Waals surface area contributed by atoms with Crippen LogP contribution in [-0.2, 0) is 0 Å². The van der Waals surface area contributed by atoms with E-state index in [-0.39, 0.29) is 11.3 Å². The zero-order valence-corrected chi connectivity index (χ0v) is 11.6. The molecule has 4 heteroatoms.